The lowest BCUT2D eigenvalue weighted by Gasteiger charge is -2.14. The van der Waals surface area contributed by atoms with Crippen LogP contribution >= 0.6 is 23.2 Å². The Morgan fingerprint density at radius 2 is 1.92 bits per heavy atom. The van der Waals surface area contributed by atoms with E-state index in [9.17, 15) is 9.59 Å². The van der Waals surface area contributed by atoms with Crippen LogP contribution in [-0.4, -0.2) is 22.5 Å². The van der Waals surface area contributed by atoms with Gasteiger partial charge in [0.15, 0.2) is 6.10 Å². The first kappa shape index (κ1) is 19.3. The number of esters is 1. The number of halogens is 2. The van der Waals surface area contributed by atoms with Gasteiger partial charge in [0.1, 0.15) is 0 Å². The Balaban J connectivity index is 2.08. The highest BCUT2D eigenvalue weighted by atomic mass is 35.5. The van der Waals surface area contributed by atoms with Crippen LogP contribution in [0.4, 0.5) is 5.69 Å². The minimum Gasteiger partial charge on any atom is -0.449 e. The van der Waals surface area contributed by atoms with Crippen molar-refractivity contribution >= 4 is 40.8 Å². The third-order valence-electron chi connectivity index (χ3n) is 3.95. The highest BCUT2D eigenvalue weighted by Gasteiger charge is 2.23. The molecule has 1 aromatic carbocycles. The van der Waals surface area contributed by atoms with Gasteiger partial charge in [-0.25, -0.2) is 4.79 Å². The summed E-state index contributed by atoms with van der Waals surface area (Å²) in [5, 5.41) is 3.40. The maximum atomic E-state index is 12.4. The van der Waals surface area contributed by atoms with Gasteiger partial charge >= 0.3 is 5.97 Å². The molecule has 25 heavy (non-hydrogen) atoms. The fourth-order valence-electron chi connectivity index (χ4n) is 2.60. The SMILES string of the molecule is CCn1c(C)cc(C(=O)O[C@@H](C)C(=O)Nc2cc(Cl)ccc2Cl)c1C. The molecule has 1 amide bonds. The van der Waals surface area contributed by atoms with Crippen LogP contribution in [0.3, 0.4) is 0 Å². The number of nitrogens with one attached hydrogen (secondary N) is 1. The van der Waals surface area contributed by atoms with Crippen molar-refractivity contribution < 1.29 is 14.3 Å². The minimum atomic E-state index is -0.979. The lowest BCUT2D eigenvalue weighted by Crippen LogP contribution is -2.30. The number of hydrogen-bond acceptors (Lipinski definition) is 3. The molecule has 2 rings (SSSR count). The number of aryl methyl sites for hydroxylation is 1. The molecule has 0 aliphatic heterocycles. The Bertz CT molecular complexity index is 815. The van der Waals surface area contributed by atoms with Crippen molar-refractivity contribution in [1.82, 2.24) is 4.57 Å². The van der Waals surface area contributed by atoms with Gasteiger partial charge in [0.2, 0.25) is 0 Å². The molecule has 0 saturated heterocycles. The van der Waals surface area contributed by atoms with Crippen molar-refractivity contribution in [2.24, 2.45) is 0 Å². The molecular weight excluding hydrogens is 363 g/mol. The van der Waals surface area contributed by atoms with E-state index in [1.807, 2.05) is 25.3 Å². The lowest BCUT2D eigenvalue weighted by atomic mass is 10.2. The highest BCUT2D eigenvalue weighted by Crippen LogP contribution is 2.25. The van der Waals surface area contributed by atoms with Gasteiger partial charge in [-0.15, -0.1) is 0 Å². The molecule has 1 aromatic heterocycles. The van der Waals surface area contributed by atoms with Crippen LogP contribution in [0.25, 0.3) is 0 Å². The quantitative estimate of drug-likeness (QED) is 0.767. The van der Waals surface area contributed by atoms with E-state index in [-0.39, 0.29) is 0 Å². The van der Waals surface area contributed by atoms with E-state index in [1.165, 1.54) is 13.0 Å². The van der Waals surface area contributed by atoms with Gasteiger partial charge < -0.3 is 14.6 Å². The van der Waals surface area contributed by atoms with E-state index >= 15 is 0 Å². The molecule has 0 bridgehead atoms. The summed E-state index contributed by atoms with van der Waals surface area (Å²) in [6.45, 7) is 8.03. The van der Waals surface area contributed by atoms with Gasteiger partial charge in [-0.05, 0) is 52.0 Å². The van der Waals surface area contributed by atoms with Crippen LogP contribution in [0.1, 0.15) is 35.6 Å². The number of anilines is 1. The Morgan fingerprint density at radius 3 is 2.52 bits per heavy atom. The van der Waals surface area contributed by atoms with Crippen LogP contribution in [0.2, 0.25) is 10.0 Å². The second kappa shape index (κ2) is 7.93. The highest BCUT2D eigenvalue weighted by molar-refractivity contribution is 6.35. The second-order valence-electron chi connectivity index (χ2n) is 5.69. The number of hydrogen-bond donors (Lipinski definition) is 1. The molecule has 0 aliphatic rings. The summed E-state index contributed by atoms with van der Waals surface area (Å²) in [5.74, 6) is -1.02. The summed E-state index contributed by atoms with van der Waals surface area (Å²) in [5.41, 5.74) is 2.61. The predicted molar refractivity (Wildman–Crippen MR) is 99.5 cm³/mol. The van der Waals surface area contributed by atoms with Crippen molar-refractivity contribution in [3.8, 4) is 0 Å². The first-order valence-corrected chi connectivity index (χ1v) is 8.63. The Labute approximate surface area is 156 Å². The summed E-state index contributed by atoms with van der Waals surface area (Å²) >= 11 is 11.9. The van der Waals surface area contributed by atoms with Crippen LogP contribution in [0.15, 0.2) is 24.3 Å². The molecule has 0 saturated carbocycles. The van der Waals surface area contributed by atoms with Crippen LogP contribution < -0.4 is 5.32 Å². The van der Waals surface area contributed by atoms with Gasteiger partial charge in [-0.3, -0.25) is 4.79 Å². The van der Waals surface area contributed by atoms with Gasteiger partial charge in [0, 0.05) is 23.0 Å². The zero-order chi connectivity index (χ0) is 18.7. The van der Waals surface area contributed by atoms with E-state index in [4.69, 9.17) is 27.9 Å². The second-order valence-corrected chi connectivity index (χ2v) is 6.53. The molecule has 0 aliphatic carbocycles. The van der Waals surface area contributed by atoms with Crippen LogP contribution in [-0.2, 0) is 16.1 Å². The summed E-state index contributed by atoms with van der Waals surface area (Å²) in [6, 6.07) is 6.49. The average Bonchev–Trinajstić information content (AvgIpc) is 2.84. The molecule has 0 fully saturated rings. The molecule has 0 radical (unpaired) electrons. The number of nitrogens with zero attached hydrogens (tertiary/aromatic N) is 1. The number of carbonyl (C=O) groups excluding carboxylic acids is 2. The number of amides is 1. The topological polar surface area (TPSA) is 60.3 Å². The van der Waals surface area contributed by atoms with E-state index in [0.717, 1.165) is 17.9 Å². The largest absolute Gasteiger partial charge is 0.449 e. The molecule has 1 heterocycles. The van der Waals surface area contributed by atoms with Gasteiger partial charge in [-0.1, -0.05) is 23.2 Å². The Hall–Kier alpha value is -1.98. The lowest BCUT2D eigenvalue weighted by molar-refractivity contribution is -0.123. The fraction of sp³-hybridized carbons (Fsp3) is 0.333. The molecule has 134 valence electrons. The van der Waals surface area contributed by atoms with E-state index in [1.54, 1.807) is 18.2 Å². The maximum absolute atomic E-state index is 12.4. The van der Waals surface area contributed by atoms with Crippen molar-refractivity contribution in [3.05, 3.63) is 51.3 Å². The molecule has 2 aromatic rings. The fourth-order valence-corrected chi connectivity index (χ4v) is 2.94. The number of carbonyl (C=O) groups is 2. The van der Waals surface area contributed by atoms with Crippen LogP contribution in [0.5, 0.6) is 0 Å². The number of rotatable bonds is 5. The van der Waals surface area contributed by atoms with Crippen molar-refractivity contribution in [2.45, 2.75) is 40.3 Å². The van der Waals surface area contributed by atoms with Gasteiger partial charge in [0.25, 0.3) is 5.91 Å². The Morgan fingerprint density at radius 1 is 1.24 bits per heavy atom. The third kappa shape index (κ3) is 4.35. The summed E-state index contributed by atoms with van der Waals surface area (Å²) < 4.78 is 7.30. The number of ether oxygens (including phenoxy) is 1. The monoisotopic (exact) mass is 382 g/mol. The van der Waals surface area contributed by atoms with Crippen molar-refractivity contribution in [3.63, 3.8) is 0 Å². The molecule has 0 unspecified atom stereocenters. The number of aromatic nitrogens is 1. The standard InChI is InChI=1S/C18H20Cl2N2O3/c1-5-22-10(2)8-14(11(22)3)18(24)25-12(4)17(23)21-16-9-13(19)6-7-15(16)20/h6-9,12H,5H2,1-4H3,(H,21,23)/t12-/m0/s1. The minimum absolute atomic E-state index is 0.350. The van der Waals surface area contributed by atoms with Gasteiger partial charge in [-0.2, -0.15) is 0 Å². The normalized spacial score (nSPS) is 11.9. The van der Waals surface area contributed by atoms with Crippen molar-refractivity contribution in [2.75, 3.05) is 5.32 Å². The van der Waals surface area contributed by atoms with E-state index in [2.05, 4.69) is 5.32 Å². The summed E-state index contributed by atoms with van der Waals surface area (Å²) in [4.78, 5) is 24.6. The molecule has 5 nitrogen and oxygen atoms in total. The zero-order valence-electron chi connectivity index (χ0n) is 14.5. The van der Waals surface area contributed by atoms with Crippen molar-refractivity contribution in [1.29, 1.82) is 0 Å². The van der Waals surface area contributed by atoms with E-state index < -0.39 is 18.0 Å². The molecule has 7 heteroatoms. The third-order valence-corrected chi connectivity index (χ3v) is 4.51. The molecule has 0 spiro atoms. The smallest absolute Gasteiger partial charge is 0.340 e. The predicted octanol–water partition coefficient (Wildman–Crippen LogP) is 4.62. The molecule has 1 atom stereocenters. The number of benzene rings is 1. The zero-order valence-corrected chi connectivity index (χ0v) is 16.0. The average molecular weight is 383 g/mol. The summed E-state index contributed by atoms with van der Waals surface area (Å²) in [6.07, 6.45) is -0.979. The summed E-state index contributed by atoms with van der Waals surface area (Å²) in [7, 11) is 0. The first-order chi connectivity index (χ1) is 11.7. The first-order valence-electron chi connectivity index (χ1n) is 7.88. The molecule has 1 N–H and O–H groups in total. The maximum Gasteiger partial charge on any atom is 0.340 e. The van der Waals surface area contributed by atoms with E-state index in [0.29, 0.717) is 21.3 Å². The Kier molecular flexibility index (Phi) is 6.14. The molecular formula is C18H20Cl2N2O3. The van der Waals surface area contributed by atoms with Gasteiger partial charge in [0.05, 0.1) is 16.3 Å². The van der Waals surface area contributed by atoms with Crippen LogP contribution in [0, 0.1) is 13.8 Å².